The molecule has 1 saturated heterocycles. The van der Waals surface area contributed by atoms with Gasteiger partial charge in [0.2, 0.25) is 0 Å². The predicted octanol–water partition coefficient (Wildman–Crippen LogP) is 3.13. The van der Waals surface area contributed by atoms with E-state index in [1.54, 1.807) is 25.1 Å². The Balaban J connectivity index is 1.72. The van der Waals surface area contributed by atoms with Crippen LogP contribution in [0.1, 0.15) is 11.1 Å². The third kappa shape index (κ3) is 4.04. The van der Waals surface area contributed by atoms with Crippen LogP contribution in [0.15, 0.2) is 29.1 Å². The maximum absolute atomic E-state index is 12.7. The maximum Gasteiger partial charge on any atom is 0.422 e. The van der Waals surface area contributed by atoms with Crippen LogP contribution in [0.4, 0.5) is 19.0 Å². The summed E-state index contributed by atoms with van der Waals surface area (Å²) in [5.74, 6) is 0.889. The van der Waals surface area contributed by atoms with Gasteiger partial charge in [-0.05, 0) is 37.1 Å². The fourth-order valence-electron chi connectivity index (χ4n) is 3.94. The number of likely N-dealkylation sites (N-methyl/N-ethyl adjacent to an activating group) is 1. The summed E-state index contributed by atoms with van der Waals surface area (Å²) < 4.78 is 55.6. The fourth-order valence-corrected chi connectivity index (χ4v) is 3.94. The topological polar surface area (TPSA) is 52.9 Å². The van der Waals surface area contributed by atoms with Crippen molar-refractivity contribution in [2.75, 3.05) is 38.4 Å². The van der Waals surface area contributed by atoms with E-state index < -0.39 is 12.8 Å². The Labute approximate surface area is 171 Å². The van der Waals surface area contributed by atoms with Crippen LogP contribution in [0.2, 0.25) is 0 Å². The minimum Gasteiger partial charge on any atom is -0.484 e. The van der Waals surface area contributed by atoms with Gasteiger partial charge in [0.1, 0.15) is 11.6 Å². The summed E-state index contributed by atoms with van der Waals surface area (Å²) in [6.45, 7) is 2.45. The van der Waals surface area contributed by atoms with Crippen molar-refractivity contribution < 1.29 is 27.4 Å². The van der Waals surface area contributed by atoms with Crippen molar-refractivity contribution in [2.45, 2.75) is 32.3 Å². The first-order chi connectivity index (χ1) is 14.2. The lowest BCUT2D eigenvalue weighted by Gasteiger charge is -2.36. The van der Waals surface area contributed by atoms with E-state index in [1.807, 2.05) is 11.9 Å². The summed E-state index contributed by atoms with van der Waals surface area (Å²) in [7, 11) is 1.86. The maximum atomic E-state index is 12.7. The van der Waals surface area contributed by atoms with Gasteiger partial charge in [-0.2, -0.15) is 13.2 Å². The molecule has 162 valence electrons. The molecule has 2 aliphatic rings. The van der Waals surface area contributed by atoms with Crippen LogP contribution < -0.4 is 15.1 Å². The Kier molecular flexibility index (Phi) is 5.50. The summed E-state index contributed by atoms with van der Waals surface area (Å²) >= 11 is 0. The van der Waals surface area contributed by atoms with Gasteiger partial charge in [0.05, 0.1) is 25.5 Å². The van der Waals surface area contributed by atoms with E-state index >= 15 is 0 Å². The Morgan fingerprint density at radius 2 is 2.07 bits per heavy atom. The van der Waals surface area contributed by atoms with Crippen LogP contribution in [0, 0.1) is 6.92 Å². The number of anilines is 1. The quantitative estimate of drug-likeness (QED) is 0.755. The van der Waals surface area contributed by atoms with Gasteiger partial charge in [0.15, 0.2) is 18.3 Å². The number of aromatic nitrogens is 1. The van der Waals surface area contributed by atoms with Crippen molar-refractivity contribution in [2.24, 2.45) is 0 Å². The van der Waals surface area contributed by atoms with E-state index in [2.05, 4.69) is 4.57 Å². The van der Waals surface area contributed by atoms with Crippen molar-refractivity contribution >= 4 is 5.82 Å². The lowest BCUT2D eigenvalue weighted by atomic mass is 9.94. The number of halogens is 3. The number of benzene rings is 1. The molecule has 0 bridgehead atoms. The first-order valence-corrected chi connectivity index (χ1v) is 9.74. The largest absolute Gasteiger partial charge is 0.484 e. The molecule has 3 heterocycles. The zero-order valence-electron chi connectivity index (χ0n) is 16.8. The van der Waals surface area contributed by atoms with Gasteiger partial charge in [-0.25, -0.2) is 0 Å². The van der Waals surface area contributed by atoms with Crippen molar-refractivity contribution in [3.63, 3.8) is 0 Å². The number of pyridine rings is 1. The molecule has 0 saturated carbocycles. The lowest BCUT2D eigenvalue weighted by molar-refractivity contribution is -0.153. The molecule has 0 unspecified atom stereocenters. The van der Waals surface area contributed by atoms with Crippen LogP contribution >= 0.6 is 0 Å². The van der Waals surface area contributed by atoms with Crippen molar-refractivity contribution in [1.29, 1.82) is 0 Å². The van der Waals surface area contributed by atoms with Gasteiger partial charge in [-0.3, -0.25) is 4.79 Å². The van der Waals surface area contributed by atoms with Gasteiger partial charge < -0.3 is 23.7 Å². The average Bonchev–Trinajstić information content (AvgIpc) is 2.73. The van der Waals surface area contributed by atoms with Gasteiger partial charge in [-0.1, -0.05) is 0 Å². The normalized spacial score (nSPS) is 18.5. The molecule has 0 amide bonds. The molecular weight excluding hydrogens is 401 g/mol. The second-order valence-electron chi connectivity index (χ2n) is 7.48. The van der Waals surface area contributed by atoms with Gasteiger partial charge in [0.25, 0.3) is 0 Å². The molecule has 1 atom stereocenters. The molecular formula is C21H23F3N2O4. The second kappa shape index (κ2) is 7.96. The number of aryl methyl sites for hydroxylation is 1. The molecule has 30 heavy (non-hydrogen) atoms. The minimum atomic E-state index is -4.39. The highest BCUT2D eigenvalue weighted by Crippen LogP contribution is 2.36. The number of alkyl halides is 3. The van der Waals surface area contributed by atoms with Crippen molar-refractivity contribution in [3.8, 4) is 17.0 Å². The Hall–Kier alpha value is -2.52. The van der Waals surface area contributed by atoms with Crippen LogP contribution in [-0.4, -0.2) is 50.4 Å². The van der Waals surface area contributed by atoms with E-state index in [-0.39, 0.29) is 17.4 Å². The zero-order valence-corrected chi connectivity index (χ0v) is 16.8. The number of fused-ring (bicyclic) bond motifs is 3. The highest BCUT2D eigenvalue weighted by molar-refractivity contribution is 5.72. The summed E-state index contributed by atoms with van der Waals surface area (Å²) in [5, 5.41) is 0. The second-order valence-corrected chi connectivity index (χ2v) is 7.48. The van der Waals surface area contributed by atoms with Gasteiger partial charge >= 0.3 is 6.18 Å². The first-order valence-electron chi connectivity index (χ1n) is 9.74. The van der Waals surface area contributed by atoms with Crippen LogP contribution in [-0.2, 0) is 22.4 Å². The molecule has 1 aromatic carbocycles. The third-order valence-corrected chi connectivity index (χ3v) is 5.46. The molecule has 2 aromatic rings. The van der Waals surface area contributed by atoms with E-state index in [0.717, 1.165) is 22.6 Å². The smallest absolute Gasteiger partial charge is 0.422 e. The monoisotopic (exact) mass is 424 g/mol. The van der Waals surface area contributed by atoms with E-state index in [4.69, 9.17) is 14.2 Å². The van der Waals surface area contributed by atoms with E-state index in [1.165, 1.54) is 6.07 Å². The molecule has 0 spiro atoms. The van der Waals surface area contributed by atoms with Crippen molar-refractivity contribution in [3.05, 3.63) is 45.6 Å². The minimum absolute atomic E-state index is 0.106. The zero-order chi connectivity index (χ0) is 21.5. The highest BCUT2D eigenvalue weighted by atomic mass is 19.4. The average molecular weight is 424 g/mol. The molecule has 0 N–H and O–H groups in total. The number of hydrogen-bond donors (Lipinski definition) is 0. The number of rotatable bonds is 4. The Morgan fingerprint density at radius 3 is 2.77 bits per heavy atom. The van der Waals surface area contributed by atoms with Crippen LogP contribution in [0.3, 0.4) is 0 Å². The van der Waals surface area contributed by atoms with E-state index in [0.29, 0.717) is 38.3 Å². The third-order valence-electron chi connectivity index (χ3n) is 5.46. The standard InChI is InChI=1S/C21H23F3N2O4/c1-13-17(27)10-18(25(2)19-11-28-7-8-29-19)26-6-5-14-9-15(30-12-21(22,23)24)3-4-16(14)20(13)26/h3-4,9-10,19H,5-8,11-12H2,1-2H3/t19-/m1/s1. The molecule has 2 aliphatic heterocycles. The molecule has 0 aliphatic carbocycles. The summed E-state index contributed by atoms with van der Waals surface area (Å²) in [6, 6.07) is 6.46. The molecule has 6 nitrogen and oxygen atoms in total. The fraction of sp³-hybridized carbons (Fsp3) is 0.476. The van der Waals surface area contributed by atoms with E-state index in [9.17, 15) is 18.0 Å². The summed E-state index contributed by atoms with van der Waals surface area (Å²) in [6.07, 6.45) is -4.08. The SMILES string of the molecule is Cc1c2n(c(N(C)[C@H]3COCCO3)cc1=O)CCc1cc(OCC(F)(F)F)ccc1-2. The molecule has 1 aromatic heterocycles. The molecule has 0 radical (unpaired) electrons. The predicted molar refractivity (Wildman–Crippen MR) is 105 cm³/mol. The summed E-state index contributed by atoms with van der Waals surface area (Å²) in [4.78, 5) is 14.6. The lowest BCUT2D eigenvalue weighted by Crippen LogP contribution is -2.44. The van der Waals surface area contributed by atoms with Crippen LogP contribution in [0.5, 0.6) is 5.75 Å². The first kappa shape index (κ1) is 20.7. The Bertz CT molecular complexity index is 997. The van der Waals surface area contributed by atoms with Gasteiger partial charge in [-0.15, -0.1) is 0 Å². The number of hydrogen-bond acceptors (Lipinski definition) is 5. The number of ether oxygens (including phenoxy) is 3. The summed E-state index contributed by atoms with van der Waals surface area (Å²) in [5.41, 5.74) is 2.94. The molecule has 1 fully saturated rings. The highest BCUT2D eigenvalue weighted by Gasteiger charge is 2.29. The molecule has 9 heteroatoms. The van der Waals surface area contributed by atoms with Crippen molar-refractivity contribution in [1.82, 2.24) is 4.57 Å². The van der Waals surface area contributed by atoms with Gasteiger partial charge in [0, 0.05) is 30.8 Å². The van der Waals surface area contributed by atoms with Crippen LogP contribution in [0.25, 0.3) is 11.3 Å². The Morgan fingerprint density at radius 1 is 1.27 bits per heavy atom. The number of nitrogens with zero attached hydrogens (tertiary/aromatic N) is 2. The molecule has 4 rings (SSSR count).